The lowest BCUT2D eigenvalue weighted by atomic mass is 9.85. The minimum atomic E-state index is -1.00. The van der Waals surface area contributed by atoms with E-state index in [4.69, 9.17) is 0 Å². The number of fused-ring (bicyclic) bond motifs is 1. The summed E-state index contributed by atoms with van der Waals surface area (Å²) in [5.74, 6) is 0.411. The zero-order chi connectivity index (χ0) is 20.5. The largest absolute Gasteiger partial charge is 0.389 e. The van der Waals surface area contributed by atoms with Gasteiger partial charge in [0, 0.05) is 32.2 Å². The van der Waals surface area contributed by atoms with Gasteiger partial charge in [-0.25, -0.2) is 19.3 Å². The normalized spacial score (nSPS) is 24.7. The van der Waals surface area contributed by atoms with Crippen LogP contribution in [0.15, 0.2) is 36.9 Å². The fourth-order valence-corrected chi connectivity index (χ4v) is 3.98. The molecule has 3 aromatic rings. The summed E-state index contributed by atoms with van der Waals surface area (Å²) in [6.45, 7) is 0.291. The Morgan fingerprint density at radius 2 is 1.93 bits per heavy atom. The van der Waals surface area contributed by atoms with Gasteiger partial charge in [-0.1, -0.05) is 18.2 Å². The van der Waals surface area contributed by atoms with Gasteiger partial charge in [-0.3, -0.25) is 0 Å². The first-order chi connectivity index (χ1) is 14.0. The van der Waals surface area contributed by atoms with Crippen LogP contribution in [0.25, 0.3) is 11.2 Å². The molecule has 1 fully saturated rings. The van der Waals surface area contributed by atoms with Crippen LogP contribution in [0, 0.1) is 5.82 Å². The second kappa shape index (κ2) is 8.02. The first-order valence-corrected chi connectivity index (χ1v) is 9.65. The van der Waals surface area contributed by atoms with Crippen molar-refractivity contribution < 1.29 is 14.6 Å². The summed E-state index contributed by atoms with van der Waals surface area (Å²) in [5, 5.41) is 24.7. The predicted octanol–water partition coefficient (Wildman–Crippen LogP) is 1.25. The van der Waals surface area contributed by atoms with Crippen molar-refractivity contribution in [1.82, 2.24) is 24.8 Å². The third-order valence-electron chi connectivity index (χ3n) is 5.56. The van der Waals surface area contributed by atoms with Gasteiger partial charge >= 0.3 is 0 Å². The molecule has 0 bridgehead atoms. The maximum Gasteiger partial charge on any atom is 0.165 e. The van der Waals surface area contributed by atoms with Crippen molar-refractivity contribution in [2.75, 3.05) is 19.0 Å². The lowest BCUT2D eigenvalue weighted by Gasteiger charge is -2.38. The van der Waals surface area contributed by atoms with Crippen LogP contribution in [0.4, 0.5) is 10.2 Å². The van der Waals surface area contributed by atoms with Crippen molar-refractivity contribution in [1.29, 1.82) is 0 Å². The number of hydrogen-bond acceptors (Lipinski definition) is 7. The molecule has 0 spiro atoms. The number of hydrogen-bond donors (Lipinski definition) is 3. The average molecular weight is 400 g/mol. The zero-order valence-electron chi connectivity index (χ0n) is 16.4. The third-order valence-corrected chi connectivity index (χ3v) is 5.56. The van der Waals surface area contributed by atoms with E-state index in [0.29, 0.717) is 41.9 Å². The van der Waals surface area contributed by atoms with Crippen molar-refractivity contribution in [2.45, 2.75) is 43.7 Å². The van der Waals surface area contributed by atoms with Gasteiger partial charge in [0.05, 0.1) is 18.5 Å². The van der Waals surface area contributed by atoms with E-state index in [1.807, 2.05) is 23.6 Å². The Bertz CT molecular complexity index is 994. The summed E-state index contributed by atoms with van der Waals surface area (Å²) in [6.07, 6.45) is 2.37. The Morgan fingerprint density at radius 3 is 2.69 bits per heavy atom. The number of benzene rings is 1. The van der Waals surface area contributed by atoms with Gasteiger partial charge in [0.2, 0.25) is 0 Å². The first-order valence-electron chi connectivity index (χ1n) is 9.65. The molecule has 1 saturated carbocycles. The summed E-state index contributed by atoms with van der Waals surface area (Å²) in [5.41, 5.74) is 1.81. The molecule has 1 aliphatic rings. The summed E-state index contributed by atoms with van der Waals surface area (Å²) in [6, 6.07) is 5.84. The molecule has 8 nitrogen and oxygen atoms in total. The molecular formula is C20H25FN6O2. The highest BCUT2D eigenvalue weighted by molar-refractivity contribution is 5.83. The van der Waals surface area contributed by atoms with E-state index in [-0.39, 0.29) is 17.9 Å². The maximum absolute atomic E-state index is 13.8. The molecule has 0 unspecified atom stereocenters. The van der Waals surface area contributed by atoms with Crippen LogP contribution in [-0.4, -0.2) is 62.1 Å². The van der Waals surface area contributed by atoms with Gasteiger partial charge in [0.25, 0.3) is 0 Å². The average Bonchev–Trinajstić information content (AvgIpc) is 3.14. The molecule has 4 atom stereocenters. The van der Waals surface area contributed by atoms with Gasteiger partial charge < -0.3 is 25.0 Å². The number of imidazole rings is 1. The van der Waals surface area contributed by atoms with Gasteiger partial charge in [0.15, 0.2) is 17.0 Å². The van der Waals surface area contributed by atoms with E-state index in [9.17, 15) is 14.6 Å². The summed E-state index contributed by atoms with van der Waals surface area (Å²) >= 11 is 0. The standard InChI is InChI=1S/C20H25FN6O2/c1-26(2)19-16-20(24-10-23-19)27(11-25-16)15-8-7-14(17(28)18(15)29)22-9-12-5-3-4-6-13(12)21/h3-6,10-11,14-15,17-18,22,28-29H,7-9H2,1-2H3/t14-,15-,17-,18-/m1/s1. The molecule has 2 heterocycles. The van der Waals surface area contributed by atoms with Crippen molar-refractivity contribution in [2.24, 2.45) is 0 Å². The molecular weight excluding hydrogens is 375 g/mol. The van der Waals surface area contributed by atoms with Crippen molar-refractivity contribution in [3.05, 3.63) is 48.3 Å². The molecule has 9 heteroatoms. The third kappa shape index (κ3) is 3.68. The van der Waals surface area contributed by atoms with Crippen LogP contribution >= 0.6 is 0 Å². The predicted molar refractivity (Wildman–Crippen MR) is 107 cm³/mol. The highest BCUT2D eigenvalue weighted by Gasteiger charge is 2.39. The first kappa shape index (κ1) is 19.7. The quantitative estimate of drug-likeness (QED) is 0.593. The number of aliphatic hydroxyl groups is 2. The molecule has 0 amide bonds. The Balaban J connectivity index is 1.50. The monoisotopic (exact) mass is 400 g/mol. The van der Waals surface area contributed by atoms with Crippen molar-refractivity contribution >= 4 is 17.0 Å². The van der Waals surface area contributed by atoms with E-state index in [2.05, 4.69) is 20.3 Å². The number of nitrogens with zero attached hydrogens (tertiary/aromatic N) is 5. The van der Waals surface area contributed by atoms with Crippen LogP contribution in [0.2, 0.25) is 0 Å². The van der Waals surface area contributed by atoms with Gasteiger partial charge in [-0.15, -0.1) is 0 Å². The lowest BCUT2D eigenvalue weighted by molar-refractivity contribution is -0.0573. The second-order valence-electron chi connectivity index (χ2n) is 7.62. The Hall–Kier alpha value is -2.62. The highest BCUT2D eigenvalue weighted by Crippen LogP contribution is 2.32. The maximum atomic E-state index is 13.8. The minimum absolute atomic E-state index is 0.287. The molecule has 3 N–H and O–H groups in total. The number of aromatic nitrogens is 4. The number of halogens is 1. The topological polar surface area (TPSA) is 99.3 Å². The second-order valence-corrected chi connectivity index (χ2v) is 7.62. The Kier molecular flexibility index (Phi) is 5.44. The van der Waals surface area contributed by atoms with E-state index in [1.165, 1.54) is 12.4 Å². The molecule has 0 radical (unpaired) electrons. The molecule has 4 rings (SSSR count). The molecule has 0 aliphatic heterocycles. The van der Waals surface area contributed by atoms with Gasteiger partial charge in [0.1, 0.15) is 18.2 Å². The summed E-state index contributed by atoms with van der Waals surface area (Å²) in [7, 11) is 3.76. The number of anilines is 1. The SMILES string of the molecule is CN(C)c1ncnc2c1ncn2[C@@H]1CC[C@@H](NCc2ccccc2F)[C@@H](O)[C@@H]1O. The Labute approximate surface area is 168 Å². The van der Waals surface area contributed by atoms with Crippen LogP contribution in [0.5, 0.6) is 0 Å². The van der Waals surface area contributed by atoms with E-state index in [1.54, 1.807) is 24.5 Å². The van der Waals surface area contributed by atoms with Crippen molar-refractivity contribution in [3.8, 4) is 0 Å². The molecule has 154 valence electrons. The van der Waals surface area contributed by atoms with Crippen LogP contribution < -0.4 is 10.2 Å². The van der Waals surface area contributed by atoms with Crippen LogP contribution in [0.3, 0.4) is 0 Å². The summed E-state index contributed by atoms with van der Waals surface area (Å²) in [4.78, 5) is 14.9. The smallest absolute Gasteiger partial charge is 0.165 e. The van der Waals surface area contributed by atoms with Gasteiger partial charge in [-0.2, -0.15) is 0 Å². The van der Waals surface area contributed by atoms with E-state index in [0.717, 1.165) is 0 Å². The fourth-order valence-electron chi connectivity index (χ4n) is 3.98. The molecule has 29 heavy (non-hydrogen) atoms. The Morgan fingerprint density at radius 1 is 1.14 bits per heavy atom. The highest BCUT2D eigenvalue weighted by atomic mass is 19.1. The molecule has 0 saturated heterocycles. The summed E-state index contributed by atoms with van der Waals surface area (Å²) < 4.78 is 15.6. The minimum Gasteiger partial charge on any atom is -0.389 e. The molecule has 2 aromatic heterocycles. The van der Waals surface area contributed by atoms with E-state index >= 15 is 0 Å². The van der Waals surface area contributed by atoms with Crippen LogP contribution in [-0.2, 0) is 6.54 Å². The lowest BCUT2D eigenvalue weighted by Crippen LogP contribution is -2.52. The van der Waals surface area contributed by atoms with Gasteiger partial charge in [-0.05, 0) is 18.9 Å². The number of rotatable bonds is 5. The van der Waals surface area contributed by atoms with Crippen LogP contribution in [0.1, 0.15) is 24.4 Å². The molecule has 1 aliphatic carbocycles. The van der Waals surface area contributed by atoms with Crippen molar-refractivity contribution in [3.63, 3.8) is 0 Å². The number of nitrogens with one attached hydrogen (secondary N) is 1. The fraction of sp³-hybridized carbons (Fsp3) is 0.450. The zero-order valence-corrected chi connectivity index (χ0v) is 16.4. The molecule has 1 aromatic carbocycles. The van der Waals surface area contributed by atoms with E-state index < -0.39 is 12.2 Å². The number of aliphatic hydroxyl groups excluding tert-OH is 2.